The molecule has 4 rings (SSSR count). The molecule has 0 bridgehead atoms. The number of nitrogens with zero attached hydrogens (tertiary/aromatic N) is 3. The molecule has 0 saturated carbocycles. The number of hydrogen-bond acceptors (Lipinski definition) is 5. The first-order valence-corrected chi connectivity index (χ1v) is 11.9. The van der Waals surface area contributed by atoms with Gasteiger partial charge in [-0.3, -0.25) is 14.5 Å². The Hall–Kier alpha value is -2.26. The molecule has 2 amide bonds. The lowest BCUT2D eigenvalue weighted by molar-refractivity contribution is -0.123. The molecule has 0 aliphatic carbocycles. The van der Waals surface area contributed by atoms with Crippen LogP contribution in [0, 0.1) is 13.8 Å². The monoisotopic (exact) mass is 461 g/mol. The van der Waals surface area contributed by atoms with Gasteiger partial charge in [0.2, 0.25) is 15.9 Å². The van der Waals surface area contributed by atoms with Crippen LogP contribution in [-0.2, 0) is 19.6 Å². The highest BCUT2D eigenvalue weighted by Crippen LogP contribution is 2.28. The van der Waals surface area contributed by atoms with E-state index in [1.165, 1.54) is 9.21 Å². The summed E-state index contributed by atoms with van der Waals surface area (Å²) in [6.45, 7) is 4.98. The fraction of sp³-hybridized carbons (Fsp3) is 0.364. The van der Waals surface area contributed by atoms with Gasteiger partial charge in [0.1, 0.15) is 0 Å². The lowest BCUT2D eigenvalue weighted by atomic mass is 10.2. The first-order chi connectivity index (χ1) is 14.7. The van der Waals surface area contributed by atoms with Crippen molar-refractivity contribution in [3.63, 3.8) is 0 Å². The Balaban J connectivity index is 1.46. The highest BCUT2D eigenvalue weighted by atomic mass is 35.5. The van der Waals surface area contributed by atoms with Gasteiger partial charge < -0.3 is 0 Å². The third-order valence-electron chi connectivity index (χ3n) is 5.88. The van der Waals surface area contributed by atoms with Crippen molar-refractivity contribution < 1.29 is 18.0 Å². The van der Waals surface area contributed by atoms with Crippen LogP contribution in [0.25, 0.3) is 0 Å². The highest BCUT2D eigenvalue weighted by molar-refractivity contribution is 7.89. The maximum Gasteiger partial charge on any atom is 0.251 e. The number of halogens is 1. The van der Waals surface area contributed by atoms with Crippen molar-refractivity contribution in [3.05, 3.63) is 58.6 Å². The second kappa shape index (κ2) is 8.35. The Morgan fingerprint density at radius 1 is 0.935 bits per heavy atom. The van der Waals surface area contributed by atoms with Gasteiger partial charge in [-0.05, 0) is 55.3 Å². The largest absolute Gasteiger partial charge is 0.289 e. The Morgan fingerprint density at radius 2 is 1.58 bits per heavy atom. The molecular formula is C22H24ClN3O4S. The van der Waals surface area contributed by atoms with Crippen molar-refractivity contribution >= 4 is 39.1 Å². The minimum atomic E-state index is -3.61. The van der Waals surface area contributed by atoms with Crippen molar-refractivity contribution in [2.45, 2.75) is 31.2 Å². The molecule has 2 aromatic carbocycles. The molecule has 0 radical (unpaired) electrons. The second-order valence-corrected chi connectivity index (χ2v) is 10.3. The third kappa shape index (κ3) is 4.13. The lowest BCUT2D eigenvalue weighted by Gasteiger charge is -2.36. The van der Waals surface area contributed by atoms with Gasteiger partial charge in [-0.1, -0.05) is 23.7 Å². The predicted molar refractivity (Wildman–Crippen MR) is 119 cm³/mol. The number of imide groups is 1. The number of anilines is 1. The number of aryl methyl sites for hydroxylation is 2. The minimum Gasteiger partial charge on any atom is -0.289 e. The minimum absolute atomic E-state index is 0.0885. The summed E-state index contributed by atoms with van der Waals surface area (Å²) in [6, 6.07) is 11.4. The first kappa shape index (κ1) is 22.0. The Morgan fingerprint density at radius 3 is 2.23 bits per heavy atom. The maximum atomic E-state index is 13.1. The van der Waals surface area contributed by atoms with Crippen LogP contribution in [-0.4, -0.2) is 61.7 Å². The van der Waals surface area contributed by atoms with Crippen molar-refractivity contribution in [3.8, 4) is 0 Å². The maximum absolute atomic E-state index is 13.1. The van der Waals surface area contributed by atoms with Crippen LogP contribution in [0.2, 0.25) is 5.02 Å². The molecular weight excluding hydrogens is 438 g/mol. The Bertz CT molecular complexity index is 1130. The van der Waals surface area contributed by atoms with E-state index in [0.29, 0.717) is 34.3 Å². The van der Waals surface area contributed by atoms with Crippen LogP contribution in [0.3, 0.4) is 0 Å². The van der Waals surface area contributed by atoms with Gasteiger partial charge in [-0.25, -0.2) is 13.3 Å². The molecule has 2 aliphatic rings. The molecule has 7 nitrogen and oxygen atoms in total. The molecule has 0 unspecified atom stereocenters. The van der Waals surface area contributed by atoms with E-state index in [1.54, 1.807) is 37.3 Å². The number of carbonyl (C=O) groups excluding carboxylic acids is 2. The van der Waals surface area contributed by atoms with Crippen molar-refractivity contribution in [1.82, 2.24) is 9.21 Å². The average molecular weight is 462 g/mol. The molecule has 0 spiro atoms. The van der Waals surface area contributed by atoms with Crippen LogP contribution in [0.15, 0.2) is 47.4 Å². The number of carbonyl (C=O) groups is 2. The number of sulfonamides is 1. The van der Waals surface area contributed by atoms with Gasteiger partial charge in [0.05, 0.1) is 23.0 Å². The van der Waals surface area contributed by atoms with E-state index < -0.39 is 16.1 Å². The predicted octanol–water partition coefficient (Wildman–Crippen LogP) is 2.60. The Kier molecular flexibility index (Phi) is 5.91. The molecule has 0 N–H and O–H groups in total. The van der Waals surface area contributed by atoms with Crippen molar-refractivity contribution in [2.24, 2.45) is 0 Å². The molecule has 2 aromatic rings. The summed E-state index contributed by atoms with van der Waals surface area (Å²) >= 11 is 5.90. The smallest absolute Gasteiger partial charge is 0.251 e. The number of rotatable bonds is 4. The zero-order valence-electron chi connectivity index (χ0n) is 17.4. The van der Waals surface area contributed by atoms with E-state index in [9.17, 15) is 18.0 Å². The molecule has 9 heteroatoms. The normalized spacial score (nSPS) is 21.1. The molecule has 1 atom stereocenters. The van der Waals surface area contributed by atoms with Gasteiger partial charge in [-0.15, -0.1) is 0 Å². The van der Waals surface area contributed by atoms with Gasteiger partial charge >= 0.3 is 0 Å². The number of benzene rings is 2. The second-order valence-electron chi connectivity index (χ2n) is 7.97. The molecule has 2 aliphatic heterocycles. The van der Waals surface area contributed by atoms with Crippen LogP contribution >= 0.6 is 11.6 Å². The SMILES string of the molecule is Cc1ccc(C)c(S(=O)(=O)N2CCN([C@@H]3CC(=O)N(c4ccc(Cl)cc4)C3=O)CC2)c1. The van der Waals surface area contributed by atoms with E-state index in [0.717, 1.165) is 5.56 Å². The number of piperazine rings is 1. The number of hydrogen-bond donors (Lipinski definition) is 0. The fourth-order valence-corrected chi connectivity index (χ4v) is 6.00. The van der Waals surface area contributed by atoms with E-state index in [1.807, 2.05) is 24.0 Å². The Labute approximate surface area is 187 Å². The summed E-state index contributed by atoms with van der Waals surface area (Å²) in [7, 11) is -3.61. The lowest BCUT2D eigenvalue weighted by Crippen LogP contribution is -2.53. The molecule has 2 heterocycles. The zero-order chi connectivity index (χ0) is 22.3. The summed E-state index contributed by atoms with van der Waals surface area (Å²) in [5.41, 5.74) is 2.10. The van der Waals surface area contributed by atoms with Crippen LogP contribution in [0.4, 0.5) is 5.69 Å². The highest BCUT2D eigenvalue weighted by Gasteiger charge is 2.44. The van der Waals surface area contributed by atoms with E-state index >= 15 is 0 Å². The zero-order valence-corrected chi connectivity index (χ0v) is 19.0. The summed E-state index contributed by atoms with van der Waals surface area (Å²) in [6.07, 6.45) is 0.0885. The van der Waals surface area contributed by atoms with E-state index in [-0.39, 0.29) is 31.3 Å². The topological polar surface area (TPSA) is 78.0 Å². The standard InChI is InChI=1S/C22H24ClN3O4S/c1-15-3-4-16(2)20(13-15)31(29,30)25-11-9-24(10-12-25)19-14-21(27)26(22(19)28)18-7-5-17(23)6-8-18/h3-8,13,19H,9-12,14H2,1-2H3/t19-/m1/s1. The molecule has 2 saturated heterocycles. The van der Waals surface area contributed by atoms with Crippen LogP contribution in [0.5, 0.6) is 0 Å². The summed E-state index contributed by atoms with van der Waals surface area (Å²) in [5, 5.41) is 0.528. The average Bonchev–Trinajstić information content (AvgIpc) is 3.04. The van der Waals surface area contributed by atoms with Gasteiger partial charge in [-0.2, -0.15) is 4.31 Å². The van der Waals surface area contributed by atoms with Crippen molar-refractivity contribution in [2.75, 3.05) is 31.1 Å². The van der Waals surface area contributed by atoms with Gasteiger partial charge in [0, 0.05) is 31.2 Å². The molecule has 164 valence electrons. The van der Waals surface area contributed by atoms with E-state index in [2.05, 4.69) is 0 Å². The molecule has 0 aromatic heterocycles. The van der Waals surface area contributed by atoms with E-state index in [4.69, 9.17) is 11.6 Å². The molecule has 2 fully saturated rings. The summed E-state index contributed by atoms with van der Waals surface area (Å²) in [5.74, 6) is -0.541. The summed E-state index contributed by atoms with van der Waals surface area (Å²) in [4.78, 5) is 28.9. The quantitative estimate of drug-likeness (QED) is 0.654. The molecule has 31 heavy (non-hydrogen) atoms. The summed E-state index contributed by atoms with van der Waals surface area (Å²) < 4.78 is 27.7. The first-order valence-electron chi connectivity index (χ1n) is 10.1. The number of amides is 2. The van der Waals surface area contributed by atoms with Gasteiger partial charge in [0.25, 0.3) is 5.91 Å². The van der Waals surface area contributed by atoms with Crippen LogP contribution in [0.1, 0.15) is 17.5 Å². The fourth-order valence-electron chi connectivity index (χ4n) is 4.14. The third-order valence-corrected chi connectivity index (χ3v) is 8.18. The van der Waals surface area contributed by atoms with Gasteiger partial charge in [0.15, 0.2) is 0 Å². The van der Waals surface area contributed by atoms with Crippen molar-refractivity contribution in [1.29, 1.82) is 0 Å². The van der Waals surface area contributed by atoms with Crippen LogP contribution < -0.4 is 4.90 Å².